The lowest BCUT2D eigenvalue weighted by Crippen LogP contribution is -2.33. The summed E-state index contributed by atoms with van der Waals surface area (Å²) in [5.74, 6) is 0.482. The van der Waals surface area contributed by atoms with Crippen molar-refractivity contribution in [2.24, 2.45) is 5.92 Å². The van der Waals surface area contributed by atoms with Crippen LogP contribution in [0.1, 0.15) is 13.8 Å². The Hall–Kier alpha value is 0.550. The molecule has 0 aliphatic carbocycles. The number of halogens is 1. The van der Waals surface area contributed by atoms with Crippen LogP contribution in [0.5, 0.6) is 0 Å². The highest BCUT2D eigenvalue weighted by atomic mass is 35.5. The van der Waals surface area contributed by atoms with Gasteiger partial charge in [-0.1, -0.05) is 13.8 Å². The van der Waals surface area contributed by atoms with Gasteiger partial charge < -0.3 is 0 Å². The van der Waals surface area contributed by atoms with Crippen molar-refractivity contribution in [3.8, 4) is 0 Å². The summed E-state index contributed by atoms with van der Waals surface area (Å²) in [5, 5.41) is 0.302. The van der Waals surface area contributed by atoms with Crippen molar-refractivity contribution in [3.05, 3.63) is 0 Å². The minimum absolute atomic E-state index is 0.00116. The molecule has 0 fully saturated rings. The number of alkyl halides is 1. The van der Waals surface area contributed by atoms with Crippen LogP contribution in [0.4, 0.5) is 0 Å². The van der Waals surface area contributed by atoms with Gasteiger partial charge in [-0.25, -0.2) is 13.1 Å². The van der Waals surface area contributed by atoms with Gasteiger partial charge in [0.1, 0.15) is 0 Å². The van der Waals surface area contributed by atoms with Gasteiger partial charge in [0.2, 0.25) is 10.0 Å². The molecule has 0 aromatic rings. The molecule has 0 saturated carbocycles. The van der Waals surface area contributed by atoms with Crippen molar-refractivity contribution in [2.45, 2.75) is 19.1 Å². The Labute approximate surface area is 96.0 Å². The lowest BCUT2D eigenvalue weighted by atomic mass is 10.3. The van der Waals surface area contributed by atoms with Gasteiger partial charge in [-0.15, -0.1) is 11.6 Å². The molecule has 0 aliphatic heterocycles. The third-order valence-electron chi connectivity index (χ3n) is 1.76. The van der Waals surface area contributed by atoms with Crippen LogP contribution in [0.2, 0.25) is 0 Å². The van der Waals surface area contributed by atoms with Gasteiger partial charge in [0, 0.05) is 17.7 Å². The standard InChI is InChI=1S/C8H18ClNO2S2/c1-7(4-9)6-14(11,12)10-5-8(2)13-3/h7-8,10H,4-6H2,1-3H3. The Balaban J connectivity index is 3.96. The van der Waals surface area contributed by atoms with Gasteiger partial charge in [-0.3, -0.25) is 0 Å². The third kappa shape index (κ3) is 6.92. The number of nitrogens with one attached hydrogen (secondary N) is 1. The summed E-state index contributed by atoms with van der Waals surface area (Å²) in [6.07, 6.45) is 1.96. The molecule has 6 heteroatoms. The van der Waals surface area contributed by atoms with E-state index in [0.717, 1.165) is 0 Å². The first kappa shape index (κ1) is 14.6. The van der Waals surface area contributed by atoms with Crippen LogP contribution in [0, 0.1) is 5.92 Å². The molecule has 3 nitrogen and oxygen atoms in total. The quantitative estimate of drug-likeness (QED) is 0.706. The average Bonchev–Trinajstić information content (AvgIpc) is 2.13. The fourth-order valence-electron chi connectivity index (χ4n) is 0.806. The van der Waals surface area contributed by atoms with E-state index in [0.29, 0.717) is 17.7 Å². The smallest absolute Gasteiger partial charge is 0.211 e. The van der Waals surface area contributed by atoms with Gasteiger partial charge in [-0.05, 0) is 12.2 Å². The summed E-state index contributed by atoms with van der Waals surface area (Å²) in [7, 11) is -3.15. The van der Waals surface area contributed by atoms with E-state index in [-0.39, 0.29) is 11.7 Å². The number of sulfonamides is 1. The number of hydrogen-bond acceptors (Lipinski definition) is 3. The molecule has 2 atom stereocenters. The first-order chi connectivity index (χ1) is 6.41. The number of hydrogen-bond donors (Lipinski definition) is 1. The van der Waals surface area contributed by atoms with Gasteiger partial charge >= 0.3 is 0 Å². The molecule has 14 heavy (non-hydrogen) atoms. The van der Waals surface area contributed by atoms with E-state index in [9.17, 15) is 8.42 Å². The van der Waals surface area contributed by atoms with Crippen molar-refractivity contribution >= 4 is 33.4 Å². The van der Waals surface area contributed by atoms with Crippen molar-refractivity contribution in [3.63, 3.8) is 0 Å². The first-order valence-electron chi connectivity index (χ1n) is 4.47. The molecule has 0 heterocycles. The molecule has 0 radical (unpaired) electrons. The zero-order valence-electron chi connectivity index (χ0n) is 8.79. The second-order valence-corrected chi connectivity index (χ2v) is 6.87. The topological polar surface area (TPSA) is 46.2 Å². The van der Waals surface area contributed by atoms with Crippen molar-refractivity contribution < 1.29 is 8.42 Å². The monoisotopic (exact) mass is 259 g/mol. The molecule has 0 amide bonds. The first-order valence-corrected chi connectivity index (χ1v) is 7.95. The largest absolute Gasteiger partial charge is 0.214 e. The molecule has 2 unspecified atom stereocenters. The zero-order chi connectivity index (χ0) is 11.2. The highest BCUT2D eigenvalue weighted by Crippen LogP contribution is 2.05. The fourth-order valence-corrected chi connectivity index (χ4v) is 2.89. The van der Waals surface area contributed by atoms with E-state index in [2.05, 4.69) is 4.72 Å². The van der Waals surface area contributed by atoms with Crippen molar-refractivity contribution in [1.82, 2.24) is 4.72 Å². The number of thioether (sulfide) groups is 1. The normalized spacial score (nSPS) is 16.6. The van der Waals surface area contributed by atoms with E-state index < -0.39 is 10.0 Å². The molecule has 0 spiro atoms. The highest BCUT2D eigenvalue weighted by molar-refractivity contribution is 7.99. The van der Waals surface area contributed by atoms with Gasteiger partial charge in [-0.2, -0.15) is 11.8 Å². The van der Waals surface area contributed by atoms with Crippen LogP contribution in [-0.4, -0.2) is 38.1 Å². The predicted molar refractivity (Wildman–Crippen MR) is 64.7 cm³/mol. The molecule has 1 N–H and O–H groups in total. The SMILES string of the molecule is CSC(C)CNS(=O)(=O)CC(C)CCl. The molecule has 0 aromatic heterocycles. The molecule has 0 saturated heterocycles. The molecule has 0 rings (SSSR count). The Bertz CT molecular complexity index is 244. The maximum atomic E-state index is 11.4. The van der Waals surface area contributed by atoms with E-state index >= 15 is 0 Å². The summed E-state index contributed by atoms with van der Waals surface area (Å²) >= 11 is 7.19. The maximum Gasteiger partial charge on any atom is 0.211 e. The predicted octanol–water partition coefficient (Wildman–Crippen LogP) is 1.53. The molecular formula is C8H18ClNO2S2. The minimum Gasteiger partial charge on any atom is -0.214 e. The van der Waals surface area contributed by atoms with Gasteiger partial charge in [0.25, 0.3) is 0 Å². The maximum absolute atomic E-state index is 11.4. The Morgan fingerprint density at radius 1 is 1.43 bits per heavy atom. The summed E-state index contributed by atoms with van der Waals surface area (Å²) in [4.78, 5) is 0. The second kappa shape index (κ2) is 6.93. The fraction of sp³-hybridized carbons (Fsp3) is 1.00. The van der Waals surface area contributed by atoms with Crippen LogP contribution in [-0.2, 0) is 10.0 Å². The van der Waals surface area contributed by atoms with Crippen molar-refractivity contribution in [2.75, 3.05) is 24.4 Å². The molecule has 86 valence electrons. The molecular weight excluding hydrogens is 242 g/mol. The molecule has 0 aliphatic rings. The van der Waals surface area contributed by atoms with E-state index in [4.69, 9.17) is 11.6 Å². The van der Waals surface area contributed by atoms with Crippen LogP contribution >= 0.6 is 23.4 Å². The van der Waals surface area contributed by atoms with Gasteiger partial charge in [0.05, 0.1) is 5.75 Å². The second-order valence-electron chi connectivity index (χ2n) is 3.44. The summed E-state index contributed by atoms with van der Waals surface area (Å²) in [5.41, 5.74) is 0. The van der Waals surface area contributed by atoms with E-state index in [1.807, 2.05) is 20.1 Å². The van der Waals surface area contributed by atoms with Gasteiger partial charge in [0.15, 0.2) is 0 Å². The Morgan fingerprint density at radius 2 is 2.00 bits per heavy atom. The highest BCUT2D eigenvalue weighted by Gasteiger charge is 2.15. The van der Waals surface area contributed by atoms with Crippen LogP contribution < -0.4 is 4.72 Å². The third-order valence-corrected chi connectivity index (χ3v) is 4.87. The molecule has 0 bridgehead atoms. The van der Waals surface area contributed by atoms with E-state index in [1.54, 1.807) is 11.8 Å². The summed E-state index contributed by atoms with van der Waals surface area (Å²) < 4.78 is 25.5. The van der Waals surface area contributed by atoms with Crippen LogP contribution in [0.15, 0.2) is 0 Å². The van der Waals surface area contributed by atoms with Crippen LogP contribution in [0.25, 0.3) is 0 Å². The Kier molecular flexibility index (Phi) is 7.20. The lowest BCUT2D eigenvalue weighted by molar-refractivity contribution is 0.569. The Morgan fingerprint density at radius 3 is 2.43 bits per heavy atom. The van der Waals surface area contributed by atoms with Crippen LogP contribution in [0.3, 0.4) is 0 Å². The lowest BCUT2D eigenvalue weighted by Gasteiger charge is -2.12. The van der Waals surface area contributed by atoms with Crippen molar-refractivity contribution in [1.29, 1.82) is 0 Å². The number of rotatable bonds is 7. The summed E-state index contributed by atoms with van der Waals surface area (Å²) in [6.45, 7) is 4.29. The van der Waals surface area contributed by atoms with E-state index in [1.165, 1.54) is 0 Å². The molecule has 0 aromatic carbocycles. The summed E-state index contributed by atoms with van der Waals surface area (Å²) in [6, 6.07) is 0. The zero-order valence-corrected chi connectivity index (χ0v) is 11.2. The minimum atomic E-state index is -3.15. The average molecular weight is 260 g/mol.